The van der Waals surface area contributed by atoms with Crippen LogP contribution in [0.1, 0.15) is 28.9 Å². The van der Waals surface area contributed by atoms with E-state index in [0.717, 1.165) is 12.8 Å². The van der Waals surface area contributed by atoms with Gasteiger partial charge in [0.15, 0.2) is 0 Å². The average Bonchev–Trinajstić information content (AvgIpc) is 3.48. The molecule has 27 heavy (non-hydrogen) atoms. The van der Waals surface area contributed by atoms with Crippen LogP contribution in [-0.2, 0) is 11.2 Å². The number of rotatable bonds is 5. The molecular formula is C20H18N4O3. The Morgan fingerprint density at radius 2 is 1.85 bits per heavy atom. The van der Waals surface area contributed by atoms with Crippen molar-refractivity contribution in [1.82, 2.24) is 15.5 Å². The zero-order valence-corrected chi connectivity index (χ0v) is 14.5. The van der Waals surface area contributed by atoms with E-state index in [4.69, 9.17) is 0 Å². The molecule has 136 valence electrons. The lowest BCUT2D eigenvalue weighted by Gasteiger charge is -2.09. The fourth-order valence-electron chi connectivity index (χ4n) is 2.90. The Kier molecular flexibility index (Phi) is 4.42. The largest absolute Gasteiger partial charge is 0.349 e. The number of carbonyl (C=O) groups excluding carboxylic acids is 2. The van der Waals surface area contributed by atoms with Gasteiger partial charge in [0.2, 0.25) is 5.91 Å². The minimum Gasteiger partial charge on any atom is -0.349 e. The standard InChI is InChI=1S/C20H18N4O3/c25-18(11-17-15-6-1-2-7-16(15)20(27)24-23-17)21-14-5-3-4-12(10-14)19(26)22-13-8-9-13/h1-7,10,13H,8-9,11H2,(H,21,25)(H,22,26)(H,24,27). The minimum absolute atomic E-state index is 0.00971. The highest BCUT2D eigenvalue weighted by Gasteiger charge is 2.23. The van der Waals surface area contributed by atoms with Gasteiger partial charge in [-0.2, -0.15) is 5.10 Å². The summed E-state index contributed by atoms with van der Waals surface area (Å²) in [6.07, 6.45) is 2.04. The Balaban J connectivity index is 1.49. The summed E-state index contributed by atoms with van der Waals surface area (Å²) >= 11 is 0. The van der Waals surface area contributed by atoms with E-state index >= 15 is 0 Å². The van der Waals surface area contributed by atoms with Gasteiger partial charge in [0.1, 0.15) is 0 Å². The van der Waals surface area contributed by atoms with Gasteiger partial charge in [-0.05, 0) is 37.1 Å². The maximum absolute atomic E-state index is 12.4. The van der Waals surface area contributed by atoms with Crippen LogP contribution in [0.25, 0.3) is 10.8 Å². The van der Waals surface area contributed by atoms with E-state index in [1.165, 1.54) is 0 Å². The number of nitrogens with one attached hydrogen (secondary N) is 3. The number of carbonyl (C=O) groups is 2. The first-order valence-corrected chi connectivity index (χ1v) is 8.77. The average molecular weight is 362 g/mol. The van der Waals surface area contributed by atoms with E-state index in [0.29, 0.717) is 27.7 Å². The molecule has 2 aromatic carbocycles. The van der Waals surface area contributed by atoms with Gasteiger partial charge in [0.05, 0.1) is 17.5 Å². The molecule has 0 aliphatic heterocycles. The van der Waals surface area contributed by atoms with E-state index < -0.39 is 0 Å². The van der Waals surface area contributed by atoms with Crippen LogP contribution < -0.4 is 16.2 Å². The highest BCUT2D eigenvalue weighted by atomic mass is 16.2. The van der Waals surface area contributed by atoms with Crippen LogP contribution in [0.5, 0.6) is 0 Å². The van der Waals surface area contributed by atoms with Crippen molar-refractivity contribution in [3.05, 3.63) is 70.1 Å². The number of amides is 2. The van der Waals surface area contributed by atoms with Crippen LogP contribution in [-0.4, -0.2) is 28.1 Å². The summed E-state index contributed by atoms with van der Waals surface area (Å²) in [6.45, 7) is 0. The fourth-order valence-corrected chi connectivity index (χ4v) is 2.90. The van der Waals surface area contributed by atoms with Crippen molar-refractivity contribution < 1.29 is 9.59 Å². The van der Waals surface area contributed by atoms with Crippen LogP contribution in [0.2, 0.25) is 0 Å². The predicted octanol–water partition coefficient (Wildman–Crippen LogP) is 2.00. The summed E-state index contributed by atoms with van der Waals surface area (Å²) in [7, 11) is 0. The quantitative estimate of drug-likeness (QED) is 0.646. The van der Waals surface area contributed by atoms with E-state index in [9.17, 15) is 14.4 Å². The smallest absolute Gasteiger partial charge is 0.272 e. The van der Waals surface area contributed by atoms with E-state index in [1.807, 2.05) is 0 Å². The molecule has 2 amide bonds. The van der Waals surface area contributed by atoms with E-state index in [1.54, 1.807) is 48.5 Å². The number of fused-ring (bicyclic) bond motifs is 1. The molecule has 1 fully saturated rings. The summed E-state index contributed by atoms with van der Waals surface area (Å²) in [5, 5.41) is 13.3. The fraction of sp³-hybridized carbons (Fsp3) is 0.200. The molecule has 3 N–H and O–H groups in total. The minimum atomic E-state index is -0.288. The molecule has 3 aromatic rings. The van der Waals surface area contributed by atoms with Gasteiger partial charge in [0.25, 0.3) is 11.5 Å². The number of anilines is 1. The molecule has 1 heterocycles. The van der Waals surface area contributed by atoms with Crippen LogP contribution >= 0.6 is 0 Å². The van der Waals surface area contributed by atoms with Crippen molar-refractivity contribution in [3.8, 4) is 0 Å². The zero-order valence-electron chi connectivity index (χ0n) is 14.5. The predicted molar refractivity (Wildman–Crippen MR) is 102 cm³/mol. The molecule has 1 aliphatic rings. The first-order valence-electron chi connectivity index (χ1n) is 8.77. The Morgan fingerprint density at radius 1 is 1.07 bits per heavy atom. The summed E-state index contributed by atoms with van der Waals surface area (Å²) in [5.74, 6) is -0.415. The molecule has 1 saturated carbocycles. The highest BCUT2D eigenvalue weighted by molar-refractivity contribution is 5.98. The second kappa shape index (κ2) is 7.03. The van der Waals surface area contributed by atoms with Gasteiger partial charge in [-0.1, -0.05) is 24.3 Å². The number of aromatic amines is 1. The van der Waals surface area contributed by atoms with Crippen LogP contribution in [0.3, 0.4) is 0 Å². The van der Waals surface area contributed by atoms with Crippen LogP contribution in [0, 0.1) is 0 Å². The van der Waals surface area contributed by atoms with Crippen molar-refractivity contribution in [1.29, 1.82) is 0 Å². The highest BCUT2D eigenvalue weighted by Crippen LogP contribution is 2.20. The Bertz CT molecular complexity index is 1090. The third kappa shape index (κ3) is 3.87. The summed E-state index contributed by atoms with van der Waals surface area (Å²) < 4.78 is 0. The number of H-pyrrole nitrogens is 1. The maximum Gasteiger partial charge on any atom is 0.272 e. The van der Waals surface area contributed by atoms with E-state index in [2.05, 4.69) is 20.8 Å². The van der Waals surface area contributed by atoms with Crippen LogP contribution in [0.15, 0.2) is 53.3 Å². The van der Waals surface area contributed by atoms with Crippen molar-refractivity contribution >= 4 is 28.3 Å². The number of hydrogen-bond acceptors (Lipinski definition) is 4. The van der Waals surface area contributed by atoms with Crippen molar-refractivity contribution in [2.45, 2.75) is 25.3 Å². The lowest BCUT2D eigenvalue weighted by molar-refractivity contribution is -0.115. The molecule has 0 unspecified atom stereocenters. The maximum atomic E-state index is 12.4. The van der Waals surface area contributed by atoms with E-state index in [-0.39, 0.29) is 29.8 Å². The molecule has 0 radical (unpaired) electrons. The van der Waals surface area contributed by atoms with Gasteiger partial charge in [0, 0.05) is 22.7 Å². The first kappa shape index (κ1) is 17.0. The van der Waals surface area contributed by atoms with Gasteiger partial charge < -0.3 is 10.6 Å². The first-order chi connectivity index (χ1) is 13.1. The Morgan fingerprint density at radius 3 is 2.63 bits per heavy atom. The number of aromatic nitrogens is 2. The van der Waals surface area contributed by atoms with Gasteiger partial charge in [-0.3, -0.25) is 14.4 Å². The number of nitrogens with zero attached hydrogens (tertiary/aromatic N) is 1. The molecule has 7 heteroatoms. The molecule has 1 aliphatic carbocycles. The summed E-state index contributed by atoms with van der Waals surface area (Å²) in [6, 6.07) is 14.1. The molecule has 0 atom stereocenters. The number of hydrogen-bond donors (Lipinski definition) is 3. The second-order valence-corrected chi connectivity index (χ2v) is 6.60. The lowest BCUT2D eigenvalue weighted by Crippen LogP contribution is -2.25. The Hall–Kier alpha value is -3.48. The molecule has 0 spiro atoms. The normalized spacial score (nSPS) is 13.3. The SMILES string of the molecule is O=C(Cc1n[nH]c(=O)c2ccccc12)Nc1cccc(C(=O)NC2CC2)c1. The van der Waals surface area contributed by atoms with Crippen molar-refractivity contribution in [2.75, 3.05) is 5.32 Å². The monoisotopic (exact) mass is 362 g/mol. The molecule has 7 nitrogen and oxygen atoms in total. The van der Waals surface area contributed by atoms with Crippen molar-refractivity contribution in [2.24, 2.45) is 0 Å². The summed E-state index contributed by atoms with van der Waals surface area (Å²) in [5.41, 5.74) is 1.25. The van der Waals surface area contributed by atoms with Gasteiger partial charge >= 0.3 is 0 Å². The van der Waals surface area contributed by atoms with Crippen molar-refractivity contribution in [3.63, 3.8) is 0 Å². The second-order valence-electron chi connectivity index (χ2n) is 6.60. The van der Waals surface area contributed by atoms with Gasteiger partial charge in [-0.25, -0.2) is 5.10 Å². The topological polar surface area (TPSA) is 104 Å². The molecule has 0 saturated heterocycles. The zero-order chi connectivity index (χ0) is 18.8. The molecule has 4 rings (SSSR count). The molecule has 1 aromatic heterocycles. The molecule has 0 bridgehead atoms. The third-order valence-corrected chi connectivity index (χ3v) is 4.42. The Labute approximate surface area is 154 Å². The summed E-state index contributed by atoms with van der Waals surface area (Å²) in [4.78, 5) is 36.4. The van der Waals surface area contributed by atoms with Gasteiger partial charge in [-0.15, -0.1) is 0 Å². The number of benzene rings is 2. The third-order valence-electron chi connectivity index (χ3n) is 4.42. The van der Waals surface area contributed by atoms with Crippen LogP contribution in [0.4, 0.5) is 5.69 Å². The molecular weight excluding hydrogens is 344 g/mol. The lowest BCUT2D eigenvalue weighted by atomic mass is 10.1.